The number of thioether (sulfide) groups is 1. The molecular formula is C18H18N8O5S. The molecule has 1 heterocycles. The van der Waals surface area contributed by atoms with E-state index in [0.717, 1.165) is 16.4 Å². The number of benzene rings is 2. The van der Waals surface area contributed by atoms with Crippen LogP contribution < -0.4 is 21.3 Å². The molecule has 0 unspecified atom stereocenters. The zero-order chi connectivity index (χ0) is 23.1. The highest BCUT2D eigenvalue weighted by atomic mass is 32.2. The van der Waals surface area contributed by atoms with Crippen molar-refractivity contribution in [1.82, 2.24) is 14.9 Å². The number of anilines is 2. The number of nitrogens with one attached hydrogen (secondary N) is 2. The van der Waals surface area contributed by atoms with Crippen molar-refractivity contribution in [3.05, 3.63) is 58.1 Å². The number of aromatic hydroxyl groups is 1. The number of hydrazone groups is 1. The quantitative estimate of drug-likeness (QED) is 0.121. The molecule has 0 saturated carbocycles. The van der Waals surface area contributed by atoms with Gasteiger partial charge >= 0.3 is 0 Å². The molecule has 0 spiro atoms. The van der Waals surface area contributed by atoms with Crippen LogP contribution in [0.3, 0.4) is 0 Å². The number of methoxy groups -OCH3 is 1. The molecule has 0 aliphatic heterocycles. The number of phenolic OH excluding ortho intramolecular Hbond substituents is 1. The summed E-state index contributed by atoms with van der Waals surface area (Å²) < 4.78 is 6.11. The number of hydrogen-bond acceptors (Lipinski definition) is 11. The molecule has 1 aromatic heterocycles. The summed E-state index contributed by atoms with van der Waals surface area (Å²) in [6, 6.07) is 10.2. The Balaban J connectivity index is 1.52. The molecule has 0 saturated heterocycles. The molecule has 166 valence electrons. The summed E-state index contributed by atoms with van der Waals surface area (Å²) in [5, 5.41) is 35.1. The second-order valence-corrected chi connectivity index (χ2v) is 7.06. The first-order valence-corrected chi connectivity index (χ1v) is 9.89. The molecular weight excluding hydrogens is 440 g/mol. The zero-order valence-corrected chi connectivity index (χ0v) is 17.4. The number of hydrogen-bond donors (Lipinski definition) is 4. The van der Waals surface area contributed by atoms with Gasteiger partial charge in [-0.05, 0) is 35.9 Å². The maximum atomic E-state index is 12.1. The number of nitro benzene ring substituents is 1. The van der Waals surface area contributed by atoms with E-state index in [1.807, 2.05) is 0 Å². The number of non-ortho nitro benzene ring substituents is 1. The summed E-state index contributed by atoms with van der Waals surface area (Å²) in [4.78, 5) is 22.2. The van der Waals surface area contributed by atoms with Crippen molar-refractivity contribution in [3.63, 3.8) is 0 Å². The second-order valence-electron chi connectivity index (χ2n) is 6.12. The van der Waals surface area contributed by atoms with E-state index in [0.29, 0.717) is 17.0 Å². The number of carbonyl (C=O) groups is 1. The normalized spacial score (nSPS) is 10.8. The Bertz CT molecular complexity index is 1150. The largest absolute Gasteiger partial charge is 0.504 e. The molecule has 14 heteroatoms. The van der Waals surface area contributed by atoms with Crippen molar-refractivity contribution in [2.24, 2.45) is 5.10 Å². The Labute approximate surface area is 185 Å². The van der Waals surface area contributed by atoms with Crippen molar-refractivity contribution in [1.29, 1.82) is 0 Å². The lowest BCUT2D eigenvalue weighted by atomic mass is 10.2. The van der Waals surface area contributed by atoms with Gasteiger partial charge in [-0.15, -0.1) is 10.2 Å². The summed E-state index contributed by atoms with van der Waals surface area (Å²) in [5.74, 6) is 6.01. The van der Waals surface area contributed by atoms with E-state index in [1.165, 1.54) is 43.7 Å². The Morgan fingerprint density at radius 1 is 1.34 bits per heavy atom. The first kappa shape index (κ1) is 22.4. The van der Waals surface area contributed by atoms with Gasteiger partial charge in [0.2, 0.25) is 11.1 Å². The standard InChI is InChI=1S/C18H18N8O5S/c1-31-15-7-2-11(8-14(15)27)9-20-22-17-23-24-18(25(17)19)32-10-16(28)21-12-3-5-13(6-4-12)26(29)30/h2-9,27H,10,19H2,1H3,(H,21,28)(H,22,23)/b20-9+. The molecule has 0 radical (unpaired) electrons. The smallest absolute Gasteiger partial charge is 0.269 e. The van der Waals surface area contributed by atoms with Crippen molar-refractivity contribution in [2.45, 2.75) is 5.16 Å². The minimum Gasteiger partial charge on any atom is -0.504 e. The molecule has 2 aromatic carbocycles. The molecule has 3 aromatic rings. The number of amides is 1. The molecule has 3 rings (SSSR count). The first-order valence-electron chi connectivity index (χ1n) is 8.91. The van der Waals surface area contributed by atoms with Gasteiger partial charge in [0.25, 0.3) is 11.6 Å². The molecule has 0 aliphatic rings. The van der Waals surface area contributed by atoms with Crippen LogP contribution in [0.2, 0.25) is 0 Å². The number of nitrogen functional groups attached to an aromatic ring is 1. The molecule has 13 nitrogen and oxygen atoms in total. The van der Waals surface area contributed by atoms with Crippen LogP contribution >= 0.6 is 11.8 Å². The highest BCUT2D eigenvalue weighted by Crippen LogP contribution is 2.25. The number of nitrogens with two attached hydrogens (primary N) is 1. The average Bonchev–Trinajstić information content (AvgIpc) is 3.12. The molecule has 0 aliphatic carbocycles. The van der Waals surface area contributed by atoms with Gasteiger partial charge in [0.05, 0.1) is 24.0 Å². The van der Waals surface area contributed by atoms with Crippen LogP contribution in [0.25, 0.3) is 0 Å². The fraction of sp³-hybridized carbons (Fsp3) is 0.111. The van der Waals surface area contributed by atoms with Gasteiger partial charge < -0.3 is 21.0 Å². The SMILES string of the molecule is COc1ccc(/C=N/Nc2nnc(SCC(=O)Nc3ccc([N+](=O)[O-])cc3)n2N)cc1O. The minimum atomic E-state index is -0.522. The Morgan fingerprint density at radius 2 is 2.09 bits per heavy atom. The number of nitro groups is 1. The molecule has 1 amide bonds. The monoisotopic (exact) mass is 458 g/mol. The van der Waals surface area contributed by atoms with Crippen molar-refractivity contribution in [2.75, 3.05) is 29.4 Å². The van der Waals surface area contributed by atoms with E-state index < -0.39 is 4.92 Å². The lowest BCUT2D eigenvalue weighted by Gasteiger charge is -2.05. The lowest BCUT2D eigenvalue weighted by molar-refractivity contribution is -0.384. The maximum absolute atomic E-state index is 12.1. The van der Waals surface area contributed by atoms with Gasteiger partial charge in [-0.2, -0.15) is 5.10 Å². The number of ether oxygens (including phenoxy) is 1. The number of nitrogens with zero attached hydrogens (tertiary/aromatic N) is 5. The van der Waals surface area contributed by atoms with Crippen LogP contribution in [-0.4, -0.2) is 49.9 Å². The molecule has 0 fully saturated rings. The van der Waals surface area contributed by atoms with E-state index in [9.17, 15) is 20.0 Å². The minimum absolute atomic E-state index is 0.0132. The predicted molar refractivity (Wildman–Crippen MR) is 118 cm³/mol. The second kappa shape index (κ2) is 10.1. The van der Waals surface area contributed by atoms with Gasteiger partial charge in [-0.25, -0.2) is 10.1 Å². The van der Waals surface area contributed by atoms with Gasteiger partial charge in [0.15, 0.2) is 11.5 Å². The van der Waals surface area contributed by atoms with E-state index in [-0.39, 0.29) is 34.2 Å². The van der Waals surface area contributed by atoms with Crippen molar-refractivity contribution in [3.8, 4) is 11.5 Å². The van der Waals surface area contributed by atoms with Crippen LogP contribution in [0, 0.1) is 10.1 Å². The fourth-order valence-corrected chi connectivity index (χ4v) is 3.05. The van der Waals surface area contributed by atoms with Crippen molar-refractivity contribution < 1.29 is 19.6 Å². The van der Waals surface area contributed by atoms with Gasteiger partial charge in [-0.1, -0.05) is 11.8 Å². The Hall–Kier alpha value is -4.33. The van der Waals surface area contributed by atoms with Gasteiger partial charge in [0, 0.05) is 17.8 Å². The molecule has 0 bridgehead atoms. The van der Waals surface area contributed by atoms with Crippen LogP contribution in [-0.2, 0) is 4.79 Å². The van der Waals surface area contributed by atoms with E-state index in [2.05, 4.69) is 26.0 Å². The molecule has 0 atom stereocenters. The summed E-state index contributed by atoms with van der Waals surface area (Å²) in [7, 11) is 1.45. The van der Waals surface area contributed by atoms with Gasteiger partial charge in [-0.3, -0.25) is 14.9 Å². The topological polar surface area (TPSA) is 183 Å². The molecule has 5 N–H and O–H groups in total. The third kappa shape index (κ3) is 5.63. The van der Waals surface area contributed by atoms with Crippen LogP contribution in [0.1, 0.15) is 5.56 Å². The fourth-order valence-electron chi connectivity index (χ4n) is 2.40. The Kier molecular flexibility index (Phi) is 7.07. The summed E-state index contributed by atoms with van der Waals surface area (Å²) in [6.07, 6.45) is 1.44. The van der Waals surface area contributed by atoms with Crippen LogP contribution in [0.5, 0.6) is 11.5 Å². The van der Waals surface area contributed by atoms with E-state index >= 15 is 0 Å². The number of carbonyl (C=O) groups excluding carboxylic acids is 1. The van der Waals surface area contributed by atoms with Gasteiger partial charge in [0.1, 0.15) is 0 Å². The number of aromatic nitrogens is 3. The van der Waals surface area contributed by atoms with E-state index in [4.69, 9.17) is 10.6 Å². The zero-order valence-electron chi connectivity index (χ0n) is 16.6. The molecule has 32 heavy (non-hydrogen) atoms. The van der Waals surface area contributed by atoms with Crippen molar-refractivity contribution >= 4 is 41.2 Å². The third-order valence-electron chi connectivity index (χ3n) is 3.94. The summed E-state index contributed by atoms with van der Waals surface area (Å²) >= 11 is 1.04. The summed E-state index contributed by atoms with van der Waals surface area (Å²) in [5.41, 5.74) is 3.59. The Morgan fingerprint density at radius 3 is 2.75 bits per heavy atom. The lowest BCUT2D eigenvalue weighted by Crippen LogP contribution is -2.16. The maximum Gasteiger partial charge on any atom is 0.269 e. The number of phenols is 1. The third-order valence-corrected chi connectivity index (χ3v) is 4.88. The predicted octanol–water partition coefficient (Wildman–Crippen LogP) is 1.79. The first-order chi connectivity index (χ1) is 15.4. The highest BCUT2D eigenvalue weighted by Gasteiger charge is 2.13. The average molecular weight is 458 g/mol. The summed E-state index contributed by atoms with van der Waals surface area (Å²) in [6.45, 7) is 0. The van der Waals surface area contributed by atoms with Crippen LogP contribution in [0.15, 0.2) is 52.7 Å². The van der Waals surface area contributed by atoms with E-state index in [1.54, 1.807) is 12.1 Å². The highest BCUT2D eigenvalue weighted by molar-refractivity contribution is 7.99. The number of rotatable bonds is 9. The van der Waals surface area contributed by atoms with Crippen LogP contribution in [0.4, 0.5) is 17.3 Å².